The van der Waals surface area contributed by atoms with Crippen LogP contribution in [0.1, 0.15) is 29.8 Å². The zero-order valence-electron chi connectivity index (χ0n) is 10.9. The lowest BCUT2D eigenvalue weighted by atomic mass is 10.1. The molecule has 19 heavy (non-hydrogen) atoms. The second kappa shape index (κ2) is 6.02. The van der Waals surface area contributed by atoms with Crippen LogP contribution in [-0.4, -0.2) is 15.6 Å². The van der Waals surface area contributed by atoms with E-state index >= 15 is 0 Å². The molecule has 0 amide bonds. The molecule has 0 saturated heterocycles. The van der Waals surface area contributed by atoms with Crippen LogP contribution in [0.15, 0.2) is 35.1 Å². The van der Waals surface area contributed by atoms with E-state index in [1.54, 1.807) is 18.3 Å². The van der Waals surface area contributed by atoms with Crippen molar-refractivity contribution in [2.24, 2.45) is 0 Å². The first-order valence-electron chi connectivity index (χ1n) is 6.04. The summed E-state index contributed by atoms with van der Waals surface area (Å²) < 4.78 is 8.41. The van der Waals surface area contributed by atoms with Gasteiger partial charge in [0.05, 0.1) is 11.8 Å². The second-order valence-electron chi connectivity index (χ2n) is 4.19. The van der Waals surface area contributed by atoms with Crippen LogP contribution < -0.4 is 4.74 Å². The van der Waals surface area contributed by atoms with Gasteiger partial charge in [0, 0.05) is 22.8 Å². The minimum absolute atomic E-state index is 0.0134. The third kappa shape index (κ3) is 3.44. The van der Waals surface area contributed by atoms with Gasteiger partial charge in [0.25, 0.3) is 0 Å². The van der Waals surface area contributed by atoms with Gasteiger partial charge in [-0.05, 0) is 32.0 Å². The van der Waals surface area contributed by atoms with Crippen LogP contribution in [0.25, 0.3) is 0 Å². The van der Waals surface area contributed by atoms with Crippen molar-refractivity contribution in [3.63, 3.8) is 0 Å². The minimum atomic E-state index is -0.0134. The second-order valence-corrected chi connectivity index (χ2v) is 5.11. The summed E-state index contributed by atoms with van der Waals surface area (Å²) in [5, 5.41) is 4.18. The molecular weight excluding hydrogens is 308 g/mol. The van der Waals surface area contributed by atoms with Crippen LogP contribution in [0.5, 0.6) is 5.75 Å². The van der Waals surface area contributed by atoms with Gasteiger partial charge in [-0.2, -0.15) is 5.10 Å². The first kappa shape index (κ1) is 13.8. The minimum Gasteiger partial charge on any atom is -0.488 e. The number of benzene rings is 1. The number of carbonyl (C=O) groups excluding carboxylic acids is 1. The van der Waals surface area contributed by atoms with Crippen LogP contribution in [0.3, 0.4) is 0 Å². The Bertz CT molecular complexity index is 593. The van der Waals surface area contributed by atoms with E-state index in [4.69, 9.17) is 4.74 Å². The van der Waals surface area contributed by atoms with E-state index in [-0.39, 0.29) is 5.78 Å². The molecule has 0 fully saturated rings. The smallest absolute Gasteiger partial charge is 0.163 e. The van der Waals surface area contributed by atoms with Gasteiger partial charge in [0.2, 0.25) is 0 Å². The lowest BCUT2D eigenvalue weighted by Gasteiger charge is -2.09. The van der Waals surface area contributed by atoms with Crippen molar-refractivity contribution in [2.75, 3.05) is 0 Å². The fourth-order valence-electron chi connectivity index (χ4n) is 1.72. The Morgan fingerprint density at radius 2 is 2.26 bits per heavy atom. The molecule has 0 saturated carbocycles. The number of ether oxygens (including phenoxy) is 1. The monoisotopic (exact) mass is 322 g/mol. The Morgan fingerprint density at radius 1 is 1.47 bits per heavy atom. The molecule has 0 unspecified atom stereocenters. The number of halogens is 1. The molecule has 4 nitrogen and oxygen atoms in total. The molecule has 0 radical (unpaired) electrons. The number of carbonyl (C=O) groups is 1. The molecule has 0 aliphatic carbocycles. The first-order valence-corrected chi connectivity index (χ1v) is 6.84. The summed E-state index contributed by atoms with van der Waals surface area (Å²) in [6, 6.07) is 5.43. The molecule has 0 aliphatic heterocycles. The van der Waals surface area contributed by atoms with E-state index in [1.807, 2.05) is 23.9 Å². The van der Waals surface area contributed by atoms with E-state index in [9.17, 15) is 4.79 Å². The molecule has 2 aromatic rings. The van der Waals surface area contributed by atoms with Crippen molar-refractivity contribution in [2.45, 2.75) is 27.0 Å². The van der Waals surface area contributed by atoms with Crippen molar-refractivity contribution < 1.29 is 9.53 Å². The molecule has 0 aliphatic rings. The summed E-state index contributed by atoms with van der Waals surface area (Å²) in [6.07, 6.45) is 3.71. The number of aromatic nitrogens is 2. The normalized spacial score (nSPS) is 10.5. The molecule has 1 aromatic carbocycles. The van der Waals surface area contributed by atoms with E-state index in [2.05, 4.69) is 21.0 Å². The van der Waals surface area contributed by atoms with Crippen LogP contribution in [0.4, 0.5) is 0 Å². The maximum atomic E-state index is 11.6. The number of hydrogen-bond acceptors (Lipinski definition) is 3. The summed E-state index contributed by atoms with van der Waals surface area (Å²) >= 11 is 3.35. The summed E-state index contributed by atoms with van der Waals surface area (Å²) in [4.78, 5) is 11.6. The molecule has 100 valence electrons. The number of ketones is 1. The standard InChI is InChI=1S/C14H15BrN2O2/c1-3-17-8-11(7-16-17)9-19-14-5-4-12(15)6-13(14)10(2)18/h4-8H,3,9H2,1-2H3. The average molecular weight is 323 g/mol. The lowest BCUT2D eigenvalue weighted by Crippen LogP contribution is -2.01. The maximum absolute atomic E-state index is 11.6. The molecular formula is C14H15BrN2O2. The van der Waals surface area contributed by atoms with Crippen molar-refractivity contribution in [3.8, 4) is 5.75 Å². The highest BCUT2D eigenvalue weighted by Crippen LogP contribution is 2.24. The number of hydrogen-bond donors (Lipinski definition) is 0. The van der Waals surface area contributed by atoms with Gasteiger partial charge < -0.3 is 4.74 Å². The molecule has 0 atom stereocenters. The Balaban J connectivity index is 2.12. The quantitative estimate of drug-likeness (QED) is 0.792. The fraction of sp³-hybridized carbons (Fsp3) is 0.286. The predicted molar refractivity (Wildman–Crippen MR) is 76.4 cm³/mol. The van der Waals surface area contributed by atoms with Gasteiger partial charge in [0.1, 0.15) is 12.4 Å². The molecule has 0 N–H and O–H groups in total. The highest BCUT2D eigenvalue weighted by Gasteiger charge is 2.09. The lowest BCUT2D eigenvalue weighted by molar-refractivity contribution is 0.101. The van der Waals surface area contributed by atoms with Crippen molar-refractivity contribution in [1.82, 2.24) is 9.78 Å². The van der Waals surface area contributed by atoms with Gasteiger partial charge in [0.15, 0.2) is 5.78 Å². The van der Waals surface area contributed by atoms with E-state index in [0.717, 1.165) is 16.6 Å². The number of rotatable bonds is 5. The van der Waals surface area contributed by atoms with Crippen LogP contribution >= 0.6 is 15.9 Å². The SMILES string of the molecule is CCn1cc(COc2ccc(Br)cc2C(C)=O)cn1. The van der Waals surface area contributed by atoms with Crippen molar-refractivity contribution in [1.29, 1.82) is 0 Å². The Labute approximate surface area is 120 Å². The molecule has 0 bridgehead atoms. The third-order valence-electron chi connectivity index (χ3n) is 2.73. The molecule has 1 heterocycles. The number of Topliss-reactive ketones (excluding diaryl/α,β-unsaturated/α-hetero) is 1. The summed E-state index contributed by atoms with van der Waals surface area (Å²) in [6.45, 7) is 4.79. The molecule has 0 spiro atoms. The number of nitrogens with zero attached hydrogens (tertiary/aromatic N) is 2. The topological polar surface area (TPSA) is 44.1 Å². The Kier molecular flexibility index (Phi) is 4.37. The average Bonchev–Trinajstić information content (AvgIpc) is 2.85. The van der Waals surface area contributed by atoms with Crippen molar-refractivity contribution >= 4 is 21.7 Å². The molecule has 2 rings (SSSR count). The van der Waals surface area contributed by atoms with Crippen LogP contribution in [0.2, 0.25) is 0 Å². The summed E-state index contributed by atoms with van der Waals surface area (Å²) in [5.74, 6) is 0.584. The predicted octanol–water partition coefficient (Wildman–Crippen LogP) is 3.45. The van der Waals surface area contributed by atoms with Gasteiger partial charge in [-0.1, -0.05) is 15.9 Å². The summed E-state index contributed by atoms with van der Waals surface area (Å²) in [5.41, 5.74) is 1.57. The first-order chi connectivity index (χ1) is 9.10. The Morgan fingerprint density at radius 3 is 2.89 bits per heavy atom. The van der Waals surface area contributed by atoms with Gasteiger partial charge in [-0.25, -0.2) is 0 Å². The fourth-order valence-corrected chi connectivity index (χ4v) is 2.08. The Hall–Kier alpha value is -1.62. The summed E-state index contributed by atoms with van der Waals surface area (Å²) in [7, 11) is 0. The molecule has 5 heteroatoms. The van der Waals surface area contributed by atoms with Crippen LogP contribution in [-0.2, 0) is 13.2 Å². The highest BCUT2D eigenvalue weighted by atomic mass is 79.9. The zero-order valence-corrected chi connectivity index (χ0v) is 12.5. The third-order valence-corrected chi connectivity index (χ3v) is 3.22. The maximum Gasteiger partial charge on any atom is 0.163 e. The van der Waals surface area contributed by atoms with Crippen LogP contribution in [0, 0.1) is 0 Å². The van der Waals surface area contributed by atoms with E-state index in [1.165, 1.54) is 6.92 Å². The van der Waals surface area contributed by atoms with E-state index < -0.39 is 0 Å². The highest BCUT2D eigenvalue weighted by molar-refractivity contribution is 9.10. The largest absolute Gasteiger partial charge is 0.488 e. The van der Waals surface area contributed by atoms with Crippen molar-refractivity contribution in [3.05, 3.63) is 46.2 Å². The number of aryl methyl sites for hydroxylation is 1. The zero-order chi connectivity index (χ0) is 13.8. The van der Waals surface area contributed by atoms with Gasteiger partial charge in [-0.3, -0.25) is 9.48 Å². The van der Waals surface area contributed by atoms with E-state index in [0.29, 0.717) is 17.9 Å². The molecule has 1 aromatic heterocycles. The van der Waals surface area contributed by atoms with Gasteiger partial charge in [-0.15, -0.1) is 0 Å². The van der Waals surface area contributed by atoms with Gasteiger partial charge >= 0.3 is 0 Å².